The molecule has 0 fully saturated rings. The highest BCUT2D eigenvalue weighted by Crippen LogP contribution is 2.26. The van der Waals surface area contributed by atoms with Gasteiger partial charge in [0.25, 0.3) is 5.91 Å². The summed E-state index contributed by atoms with van der Waals surface area (Å²) in [6.45, 7) is -0.152. The number of aliphatic hydroxyl groups excluding tert-OH is 1. The van der Waals surface area contributed by atoms with Crippen molar-refractivity contribution in [3.63, 3.8) is 0 Å². The Morgan fingerprint density at radius 2 is 1.82 bits per heavy atom. The molecule has 0 aliphatic heterocycles. The van der Waals surface area contributed by atoms with E-state index in [9.17, 15) is 14.3 Å². The van der Waals surface area contributed by atoms with Crippen LogP contribution in [0, 0.1) is 5.82 Å². The lowest BCUT2D eigenvalue weighted by molar-refractivity contribution is 0.0926. The van der Waals surface area contributed by atoms with Crippen molar-refractivity contribution >= 4 is 29.1 Å². The van der Waals surface area contributed by atoms with E-state index in [1.807, 2.05) is 0 Å². The second-order valence-electron chi connectivity index (χ2n) is 4.66. The highest BCUT2D eigenvalue weighted by Gasteiger charge is 2.21. The first-order valence-corrected chi connectivity index (χ1v) is 7.40. The van der Waals surface area contributed by atoms with Crippen molar-refractivity contribution < 1.29 is 14.3 Å². The molecule has 0 bridgehead atoms. The third-order valence-electron chi connectivity index (χ3n) is 3.19. The van der Waals surface area contributed by atoms with Crippen LogP contribution in [0.2, 0.25) is 10.0 Å². The lowest BCUT2D eigenvalue weighted by atomic mass is 10.0. The van der Waals surface area contributed by atoms with Gasteiger partial charge in [-0.2, -0.15) is 0 Å². The Bertz CT molecular complexity index is 659. The minimum Gasteiger partial charge on any atom is -0.396 e. The Morgan fingerprint density at radius 3 is 2.45 bits per heavy atom. The maximum Gasteiger partial charge on any atom is 0.256 e. The Balaban J connectivity index is 2.29. The Kier molecular flexibility index (Phi) is 5.77. The predicted octanol–water partition coefficient (Wildman–Crippen LogP) is 3.99. The molecule has 0 radical (unpaired) electrons. The van der Waals surface area contributed by atoms with Crippen LogP contribution in [0.15, 0.2) is 42.5 Å². The number of benzene rings is 2. The molecule has 1 unspecified atom stereocenters. The molecule has 2 aromatic carbocycles. The molecule has 2 N–H and O–H groups in total. The molecule has 2 rings (SSSR count). The Hall–Kier alpha value is -1.62. The van der Waals surface area contributed by atoms with E-state index < -0.39 is 17.8 Å². The van der Waals surface area contributed by atoms with Crippen molar-refractivity contribution in [2.45, 2.75) is 12.5 Å². The molecule has 22 heavy (non-hydrogen) atoms. The van der Waals surface area contributed by atoms with Crippen LogP contribution in [0.1, 0.15) is 28.4 Å². The zero-order valence-corrected chi connectivity index (χ0v) is 13.0. The van der Waals surface area contributed by atoms with Crippen LogP contribution in [0.5, 0.6) is 0 Å². The van der Waals surface area contributed by atoms with E-state index in [1.165, 1.54) is 12.1 Å². The van der Waals surface area contributed by atoms with Crippen molar-refractivity contribution in [2.75, 3.05) is 6.61 Å². The summed E-state index contributed by atoms with van der Waals surface area (Å²) in [5.41, 5.74) is 0.429. The van der Waals surface area contributed by atoms with Crippen molar-refractivity contribution in [3.05, 3.63) is 69.5 Å². The third-order valence-corrected chi connectivity index (χ3v) is 3.85. The predicted molar refractivity (Wildman–Crippen MR) is 84.8 cm³/mol. The normalized spacial score (nSPS) is 12.0. The zero-order valence-electron chi connectivity index (χ0n) is 11.5. The number of carbonyl (C=O) groups excluding carboxylic acids is 1. The highest BCUT2D eigenvalue weighted by molar-refractivity contribution is 6.34. The molecule has 0 aromatic heterocycles. The second-order valence-corrected chi connectivity index (χ2v) is 5.47. The Morgan fingerprint density at radius 1 is 1.14 bits per heavy atom. The standard InChI is InChI=1S/C16H14Cl2FNO2/c17-11-5-2-1-4-10(11)14(8-9-21)20-16(22)15-12(18)6-3-7-13(15)19/h1-7,14,21H,8-9H2,(H,20,22). The first-order chi connectivity index (χ1) is 10.5. The van der Waals surface area contributed by atoms with Crippen LogP contribution in [-0.4, -0.2) is 17.6 Å². The van der Waals surface area contributed by atoms with Crippen molar-refractivity contribution in [1.29, 1.82) is 0 Å². The summed E-state index contributed by atoms with van der Waals surface area (Å²) in [4.78, 5) is 12.3. The van der Waals surface area contributed by atoms with Gasteiger partial charge in [-0.1, -0.05) is 47.5 Å². The number of rotatable bonds is 5. The Labute approximate surface area is 137 Å². The van der Waals surface area contributed by atoms with Crippen LogP contribution < -0.4 is 5.32 Å². The van der Waals surface area contributed by atoms with E-state index >= 15 is 0 Å². The summed E-state index contributed by atoms with van der Waals surface area (Å²) < 4.78 is 13.8. The molecule has 1 amide bonds. The summed E-state index contributed by atoms with van der Waals surface area (Å²) >= 11 is 12.0. The molecule has 6 heteroatoms. The molecule has 0 saturated carbocycles. The summed E-state index contributed by atoms with van der Waals surface area (Å²) in [6.07, 6.45) is 0.252. The summed E-state index contributed by atoms with van der Waals surface area (Å²) in [6, 6.07) is 10.4. The number of aliphatic hydroxyl groups is 1. The molecule has 3 nitrogen and oxygen atoms in total. The van der Waals surface area contributed by atoms with Crippen molar-refractivity contribution in [2.24, 2.45) is 0 Å². The first kappa shape index (κ1) is 16.7. The molecule has 2 aromatic rings. The van der Waals surface area contributed by atoms with Gasteiger partial charge in [-0.15, -0.1) is 0 Å². The molecular weight excluding hydrogens is 328 g/mol. The largest absolute Gasteiger partial charge is 0.396 e. The van der Waals surface area contributed by atoms with Gasteiger partial charge in [-0.3, -0.25) is 4.79 Å². The fraction of sp³-hybridized carbons (Fsp3) is 0.188. The summed E-state index contributed by atoms with van der Waals surface area (Å²) in [5, 5.41) is 12.3. The smallest absolute Gasteiger partial charge is 0.256 e. The lowest BCUT2D eigenvalue weighted by Gasteiger charge is -2.20. The molecule has 0 aliphatic carbocycles. The zero-order chi connectivity index (χ0) is 16.1. The van der Waals surface area contributed by atoms with Gasteiger partial charge in [0.15, 0.2) is 0 Å². The van der Waals surface area contributed by atoms with E-state index in [4.69, 9.17) is 23.2 Å². The van der Waals surface area contributed by atoms with Gasteiger partial charge in [-0.25, -0.2) is 4.39 Å². The molecule has 0 saturated heterocycles. The topological polar surface area (TPSA) is 49.3 Å². The number of nitrogens with one attached hydrogen (secondary N) is 1. The number of carbonyl (C=O) groups is 1. The van der Waals surface area contributed by atoms with Gasteiger partial charge >= 0.3 is 0 Å². The van der Waals surface area contributed by atoms with Crippen LogP contribution in [0.4, 0.5) is 4.39 Å². The average Bonchev–Trinajstić information content (AvgIpc) is 2.47. The van der Waals surface area contributed by atoms with E-state index in [-0.39, 0.29) is 23.6 Å². The number of hydrogen-bond donors (Lipinski definition) is 2. The molecule has 1 atom stereocenters. The summed E-state index contributed by atoms with van der Waals surface area (Å²) in [7, 11) is 0. The van der Waals surface area contributed by atoms with Gasteiger partial charge in [0.1, 0.15) is 5.82 Å². The van der Waals surface area contributed by atoms with E-state index in [0.717, 1.165) is 6.07 Å². The molecule has 0 spiro atoms. The molecule has 0 heterocycles. The lowest BCUT2D eigenvalue weighted by Crippen LogP contribution is -2.30. The first-order valence-electron chi connectivity index (χ1n) is 6.64. The summed E-state index contributed by atoms with van der Waals surface area (Å²) in [5.74, 6) is -1.35. The van der Waals surface area contributed by atoms with Gasteiger partial charge in [-0.05, 0) is 30.2 Å². The SMILES string of the molecule is O=C(NC(CCO)c1ccccc1Cl)c1c(F)cccc1Cl. The van der Waals surface area contributed by atoms with Gasteiger partial charge in [0.2, 0.25) is 0 Å². The van der Waals surface area contributed by atoms with Crippen LogP contribution in [-0.2, 0) is 0 Å². The highest BCUT2D eigenvalue weighted by atomic mass is 35.5. The van der Waals surface area contributed by atoms with Crippen LogP contribution in [0.25, 0.3) is 0 Å². The van der Waals surface area contributed by atoms with Crippen LogP contribution >= 0.6 is 23.2 Å². The number of hydrogen-bond acceptors (Lipinski definition) is 2. The van der Waals surface area contributed by atoms with Crippen molar-refractivity contribution in [1.82, 2.24) is 5.32 Å². The van der Waals surface area contributed by atoms with Crippen molar-refractivity contribution in [3.8, 4) is 0 Å². The monoisotopic (exact) mass is 341 g/mol. The molecule has 0 aliphatic rings. The second kappa shape index (κ2) is 7.58. The fourth-order valence-electron chi connectivity index (χ4n) is 2.14. The maximum atomic E-state index is 13.8. The average molecular weight is 342 g/mol. The van der Waals surface area contributed by atoms with E-state index in [1.54, 1.807) is 24.3 Å². The van der Waals surface area contributed by atoms with E-state index in [2.05, 4.69) is 5.32 Å². The van der Waals surface area contributed by atoms with Gasteiger partial charge < -0.3 is 10.4 Å². The fourth-order valence-corrected chi connectivity index (χ4v) is 2.65. The van der Waals surface area contributed by atoms with Gasteiger partial charge in [0.05, 0.1) is 16.6 Å². The minimum absolute atomic E-state index is 0.0272. The third kappa shape index (κ3) is 3.77. The number of amides is 1. The minimum atomic E-state index is -0.702. The maximum absolute atomic E-state index is 13.8. The molecule has 116 valence electrons. The molecular formula is C16H14Cl2FNO2. The number of halogens is 3. The quantitative estimate of drug-likeness (QED) is 0.863. The van der Waals surface area contributed by atoms with E-state index in [0.29, 0.717) is 10.6 Å². The van der Waals surface area contributed by atoms with Crippen LogP contribution in [0.3, 0.4) is 0 Å². The van der Waals surface area contributed by atoms with Gasteiger partial charge in [0, 0.05) is 11.6 Å².